The van der Waals surface area contributed by atoms with Crippen molar-refractivity contribution < 1.29 is 0 Å². The molecule has 1 aliphatic rings. The van der Waals surface area contributed by atoms with Gasteiger partial charge in [0.15, 0.2) is 3.92 Å². The Hall–Kier alpha value is 0.190. The van der Waals surface area contributed by atoms with E-state index in [-0.39, 0.29) is 0 Å². The van der Waals surface area contributed by atoms with Crippen LogP contribution in [-0.2, 0) is 0 Å². The molecule has 2 heterocycles. The molecular weight excluding hydrogens is 270 g/mol. The largest absolute Gasteiger partial charge is 0.346 e. The number of thioether (sulfide) groups is 1. The van der Waals surface area contributed by atoms with E-state index in [1.165, 1.54) is 17.9 Å². The van der Waals surface area contributed by atoms with Crippen molar-refractivity contribution in [3.05, 3.63) is 3.92 Å². The van der Waals surface area contributed by atoms with Crippen molar-refractivity contribution in [2.75, 3.05) is 23.5 Å². The van der Waals surface area contributed by atoms with Crippen LogP contribution in [0.1, 0.15) is 6.42 Å². The Balaban J connectivity index is 2.07. The summed E-state index contributed by atoms with van der Waals surface area (Å²) in [5.74, 6) is 2.49. The monoisotopic (exact) mass is 279 g/mol. The molecule has 0 N–H and O–H groups in total. The fourth-order valence-corrected chi connectivity index (χ4v) is 3.71. The lowest BCUT2D eigenvalue weighted by atomic mass is 10.2. The van der Waals surface area contributed by atoms with E-state index in [2.05, 4.69) is 38.1 Å². The Bertz CT molecular complexity index is 285. The molecule has 72 valence electrons. The van der Waals surface area contributed by atoms with E-state index in [0.29, 0.717) is 6.04 Å². The molecule has 0 bridgehead atoms. The fraction of sp³-hybridized carbons (Fsp3) is 0.714. The Morgan fingerprint density at radius 3 is 2.92 bits per heavy atom. The van der Waals surface area contributed by atoms with Gasteiger partial charge in [0.05, 0.1) is 0 Å². The normalized spacial score (nSPS) is 22.2. The summed E-state index contributed by atoms with van der Waals surface area (Å²) in [5, 5.41) is 9.06. The summed E-state index contributed by atoms with van der Waals surface area (Å²) in [7, 11) is 2.10. The lowest BCUT2D eigenvalue weighted by Crippen LogP contribution is -2.31. The molecule has 0 aliphatic carbocycles. The highest BCUT2D eigenvalue weighted by Crippen LogP contribution is 2.29. The minimum atomic E-state index is 0.643. The van der Waals surface area contributed by atoms with E-state index in [1.807, 2.05) is 11.8 Å². The molecule has 0 spiro atoms. The molecule has 1 aromatic heterocycles. The molecule has 3 nitrogen and oxygen atoms in total. The van der Waals surface area contributed by atoms with Gasteiger partial charge in [0.1, 0.15) is 0 Å². The molecule has 0 aromatic carbocycles. The van der Waals surface area contributed by atoms with Crippen molar-refractivity contribution in [3.63, 3.8) is 0 Å². The Kier molecular flexibility index (Phi) is 3.10. The number of nitrogens with zero attached hydrogens (tertiary/aromatic N) is 3. The third-order valence-electron chi connectivity index (χ3n) is 2.14. The topological polar surface area (TPSA) is 29.0 Å². The number of halogens is 1. The molecule has 1 aromatic rings. The van der Waals surface area contributed by atoms with Crippen molar-refractivity contribution in [2.45, 2.75) is 12.5 Å². The van der Waals surface area contributed by atoms with Crippen molar-refractivity contribution in [1.29, 1.82) is 0 Å². The number of anilines is 1. The summed E-state index contributed by atoms with van der Waals surface area (Å²) in [4.78, 5) is 2.24. The molecule has 1 aliphatic heterocycles. The molecule has 0 radical (unpaired) electrons. The van der Waals surface area contributed by atoms with Crippen LogP contribution in [0.3, 0.4) is 0 Å². The molecular formula is C7H10BrN3S2. The van der Waals surface area contributed by atoms with Crippen LogP contribution in [0.2, 0.25) is 0 Å². The number of rotatable bonds is 2. The third-order valence-corrected chi connectivity index (χ3v) is 4.74. The van der Waals surface area contributed by atoms with Gasteiger partial charge in [-0.1, -0.05) is 11.3 Å². The molecule has 1 atom stereocenters. The summed E-state index contributed by atoms with van der Waals surface area (Å²) in [6, 6.07) is 0.643. The lowest BCUT2D eigenvalue weighted by molar-refractivity contribution is 0.694. The summed E-state index contributed by atoms with van der Waals surface area (Å²) < 4.78 is 0.861. The van der Waals surface area contributed by atoms with E-state index >= 15 is 0 Å². The standard InChI is InChI=1S/C7H10BrN3S2/c1-11(5-2-3-12-4-5)7-10-9-6(8)13-7/h5H,2-4H2,1H3. The van der Waals surface area contributed by atoms with Gasteiger partial charge in [0.25, 0.3) is 0 Å². The number of hydrogen-bond acceptors (Lipinski definition) is 5. The molecule has 13 heavy (non-hydrogen) atoms. The predicted octanol–water partition coefficient (Wildman–Crippen LogP) is 2.24. The van der Waals surface area contributed by atoms with Gasteiger partial charge < -0.3 is 4.90 Å². The first kappa shape index (κ1) is 9.73. The SMILES string of the molecule is CN(c1nnc(Br)s1)C1CCSC1. The van der Waals surface area contributed by atoms with Crippen LogP contribution in [0.4, 0.5) is 5.13 Å². The minimum Gasteiger partial charge on any atom is -0.346 e. The first-order chi connectivity index (χ1) is 6.27. The van der Waals surface area contributed by atoms with Gasteiger partial charge in [0, 0.05) is 18.8 Å². The van der Waals surface area contributed by atoms with Crippen LogP contribution < -0.4 is 4.90 Å². The number of hydrogen-bond donors (Lipinski definition) is 0. The Morgan fingerprint density at radius 2 is 2.38 bits per heavy atom. The zero-order valence-corrected chi connectivity index (χ0v) is 10.5. The van der Waals surface area contributed by atoms with E-state index in [0.717, 1.165) is 9.05 Å². The van der Waals surface area contributed by atoms with Gasteiger partial charge in [-0.15, -0.1) is 10.2 Å². The molecule has 1 unspecified atom stereocenters. The second-order valence-electron chi connectivity index (χ2n) is 2.97. The molecule has 0 amide bonds. The summed E-state index contributed by atoms with van der Waals surface area (Å²) in [6.07, 6.45) is 1.26. The van der Waals surface area contributed by atoms with Crippen molar-refractivity contribution in [2.24, 2.45) is 0 Å². The highest BCUT2D eigenvalue weighted by molar-refractivity contribution is 9.11. The van der Waals surface area contributed by atoms with Crippen molar-refractivity contribution >= 4 is 44.2 Å². The van der Waals surface area contributed by atoms with E-state index in [1.54, 1.807) is 11.3 Å². The second kappa shape index (κ2) is 4.14. The highest BCUT2D eigenvalue weighted by Gasteiger charge is 2.22. The van der Waals surface area contributed by atoms with Gasteiger partial charge in [-0.2, -0.15) is 11.8 Å². The lowest BCUT2D eigenvalue weighted by Gasteiger charge is -2.21. The predicted molar refractivity (Wildman–Crippen MR) is 61.7 cm³/mol. The molecule has 2 rings (SSSR count). The van der Waals surface area contributed by atoms with Crippen molar-refractivity contribution in [1.82, 2.24) is 10.2 Å². The maximum atomic E-state index is 4.10. The molecule has 1 saturated heterocycles. The highest BCUT2D eigenvalue weighted by atomic mass is 79.9. The maximum Gasteiger partial charge on any atom is 0.209 e. The first-order valence-electron chi connectivity index (χ1n) is 4.07. The average Bonchev–Trinajstić information content (AvgIpc) is 2.72. The van der Waals surface area contributed by atoms with Gasteiger partial charge in [-0.05, 0) is 28.1 Å². The maximum absolute atomic E-state index is 4.10. The smallest absolute Gasteiger partial charge is 0.209 e. The third kappa shape index (κ3) is 2.16. The van der Waals surface area contributed by atoms with E-state index in [9.17, 15) is 0 Å². The first-order valence-corrected chi connectivity index (χ1v) is 6.83. The van der Waals surface area contributed by atoms with Crippen LogP contribution >= 0.6 is 39.0 Å². The molecule has 1 fully saturated rings. The van der Waals surface area contributed by atoms with Crippen LogP contribution in [0.25, 0.3) is 0 Å². The Morgan fingerprint density at radius 1 is 1.54 bits per heavy atom. The molecule has 6 heteroatoms. The second-order valence-corrected chi connectivity index (χ2v) is 6.35. The van der Waals surface area contributed by atoms with Crippen LogP contribution in [0.15, 0.2) is 3.92 Å². The minimum absolute atomic E-state index is 0.643. The quantitative estimate of drug-likeness (QED) is 0.831. The fourth-order valence-electron chi connectivity index (χ4n) is 1.32. The van der Waals surface area contributed by atoms with Gasteiger partial charge in [0.2, 0.25) is 5.13 Å². The van der Waals surface area contributed by atoms with Crippen LogP contribution in [-0.4, -0.2) is 34.8 Å². The van der Waals surface area contributed by atoms with E-state index < -0.39 is 0 Å². The summed E-state index contributed by atoms with van der Waals surface area (Å²) in [6.45, 7) is 0. The van der Waals surface area contributed by atoms with Crippen LogP contribution in [0, 0.1) is 0 Å². The Labute approximate surface area is 94.0 Å². The zero-order chi connectivity index (χ0) is 9.26. The summed E-state index contributed by atoms with van der Waals surface area (Å²) >= 11 is 6.93. The molecule has 0 saturated carbocycles. The van der Waals surface area contributed by atoms with Gasteiger partial charge >= 0.3 is 0 Å². The summed E-state index contributed by atoms with van der Waals surface area (Å²) in [5.41, 5.74) is 0. The van der Waals surface area contributed by atoms with Gasteiger partial charge in [-0.3, -0.25) is 0 Å². The van der Waals surface area contributed by atoms with Crippen LogP contribution in [0.5, 0.6) is 0 Å². The average molecular weight is 280 g/mol. The van der Waals surface area contributed by atoms with E-state index in [4.69, 9.17) is 0 Å². The number of aromatic nitrogens is 2. The van der Waals surface area contributed by atoms with Crippen molar-refractivity contribution in [3.8, 4) is 0 Å². The zero-order valence-electron chi connectivity index (χ0n) is 7.23. The van der Waals surface area contributed by atoms with Gasteiger partial charge in [-0.25, -0.2) is 0 Å².